The second kappa shape index (κ2) is 8.21. The molecule has 4 unspecified atom stereocenters. The summed E-state index contributed by atoms with van der Waals surface area (Å²) in [5.74, 6) is -1.74. The van der Waals surface area contributed by atoms with Gasteiger partial charge in [0, 0.05) is 17.5 Å². The quantitative estimate of drug-likeness (QED) is 0.813. The van der Waals surface area contributed by atoms with Crippen LogP contribution in [-0.2, 0) is 26.5 Å². The lowest BCUT2D eigenvalue weighted by molar-refractivity contribution is -0.100. The largest absolute Gasteiger partial charge is 0.374 e. The molecule has 0 aromatic heterocycles. The maximum absolute atomic E-state index is 14.5. The number of hydrogen-bond acceptors (Lipinski definition) is 4. The number of rotatable bonds is 6. The van der Waals surface area contributed by atoms with Crippen molar-refractivity contribution in [2.75, 3.05) is 19.9 Å². The first kappa shape index (κ1) is 19.4. The molecule has 2 heterocycles. The van der Waals surface area contributed by atoms with Gasteiger partial charge in [-0.15, -0.1) is 0 Å². The SMILES string of the molecule is FCC1ONC2(c3ccc(F)cc3F)COC(COCc3ccccc3)CC12. The summed E-state index contributed by atoms with van der Waals surface area (Å²) in [6.45, 7) is 0.159. The van der Waals surface area contributed by atoms with E-state index in [1.807, 2.05) is 30.3 Å². The summed E-state index contributed by atoms with van der Waals surface area (Å²) in [5.41, 5.74) is 3.00. The first-order valence-corrected chi connectivity index (χ1v) is 9.30. The van der Waals surface area contributed by atoms with Gasteiger partial charge in [0.2, 0.25) is 0 Å². The Balaban J connectivity index is 1.47. The molecule has 4 atom stereocenters. The van der Waals surface area contributed by atoms with Gasteiger partial charge in [-0.05, 0) is 18.1 Å². The molecule has 0 bridgehead atoms. The van der Waals surface area contributed by atoms with Gasteiger partial charge in [0.25, 0.3) is 0 Å². The number of ether oxygens (including phenoxy) is 2. The van der Waals surface area contributed by atoms with Gasteiger partial charge in [0.05, 0.1) is 31.5 Å². The van der Waals surface area contributed by atoms with Crippen molar-refractivity contribution in [3.8, 4) is 0 Å². The van der Waals surface area contributed by atoms with Crippen molar-refractivity contribution >= 4 is 0 Å². The van der Waals surface area contributed by atoms with Crippen molar-refractivity contribution in [2.45, 2.75) is 30.8 Å². The molecule has 2 aliphatic rings. The smallest absolute Gasteiger partial charge is 0.131 e. The van der Waals surface area contributed by atoms with Crippen LogP contribution >= 0.6 is 0 Å². The van der Waals surface area contributed by atoms with Gasteiger partial charge in [-0.2, -0.15) is 5.48 Å². The van der Waals surface area contributed by atoms with Gasteiger partial charge in [0.1, 0.15) is 24.4 Å². The zero-order chi connectivity index (χ0) is 19.6. The van der Waals surface area contributed by atoms with Crippen molar-refractivity contribution in [1.29, 1.82) is 0 Å². The number of alkyl halides is 1. The molecule has 1 N–H and O–H groups in total. The van der Waals surface area contributed by atoms with Crippen molar-refractivity contribution < 1.29 is 27.5 Å². The lowest BCUT2D eigenvalue weighted by atomic mass is 9.73. The van der Waals surface area contributed by atoms with Crippen LogP contribution < -0.4 is 5.48 Å². The predicted octanol–water partition coefficient (Wildman–Crippen LogP) is 3.65. The Morgan fingerprint density at radius 3 is 2.71 bits per heavy atom. The Kier molecular flexibility index (Phi) is 5.68. The first-order valence-electron chi connectivity index (χ1n) is 9.30. The van der Waals surface area contributed by atoms with E-state index in [9.17, 15) is 13.2 Å². The van der Waals surface area contributed by atoms with Gasteiger partial charge in [-0.3, -0.25) is 4.84 Å². The third-order valence-electron chi connectivity index (χ3n) is 5.52. The lowest BCUT2D eigenvalue weighted by Crippen LogP contribution is -2.53. The third kappa shape index (κ3) is 3.67. The van der Waals surface area contributed by atoms with E-state index >= 15 is 0 Å². The number of fused-ring (bicyclic) bond motifs is 1. The van der Waals surface area contributed by atoms with E-state index in [0.29, 0.717) is 19.6 Å². The second-order valence-electron chi connectivity index (χ2n) is 7.28. The van der Waals surface area contributed by atoms with E-state index in [1.54, 1.807) is 0 Å². The Morgan fingerprint density at radius 1 is 1.14 bits per heavy atom. The molecule has 2 saturated heterocycles. The van der Waals surface area contributed by atoms with E-state index in [-0.39, 0.29) is 24.2 Å². The summed E-state index contributed by atoms with van der Waals surface area (Å²) in [4.78, 5) is 5.41. The Hall–Kier alpha value is -1.93. The Morgan fingerprint density at radius 2 is 1.96 bits per heavy atom. The molecule has 7 heteroatoms. The van der Waals surface area contributed by atoms with Crippen LogP contribution in [0.4, 0.5) is 13.2 Å². The molecule has 0 radical (unpaired) electrons. The van der Waals surface area contributed by atoms with Crippen LogP contribution in [0.3, 0.4) is 0 Å². The van der Waals surface area contributed by atoms with Crippen LogP contribution in [0.25, 0.3) is 0 Å². The van der Waals surface area contributed by atoms with Crippen LogP contribution in [0.15, 0.2) is 48.5 Å². The fourth-order valence-corrected chi connectivity index (χ4v) is 4.07. The van der Waals surface area contributed by atoms with Crippen molar-refractivity contribution in [2.24, 2.45) is 5.92 Å². The molecular formula is C21H22F3NO3. The topological polar surface area (TPSA) is 39.7 Å². The molecule has 0 spiro atoms. The monoisotopic (exact) mass is 393 g/mol. The minimum Gasteiger partial charge on any atom is -0.374 e. The molecule has 4 rings (SSSR count). The molecule has 2 fully saturated rings. The molecule has 0 amide bonds. The molecule has 0 aliphatic carbocycles. The van der Waals surface area contributed by atoms with Crippen molar-refractivity contribution in [3.05, 3.63) is 71.3 Å². The first-order chi connectivity index (χ1) is 13.6. The molecule has 4 nitrogen and oxygen atoms in total. The average molecular weight is 393 g/mol. The van der Waals surface area contributed by atoms with Crippen LogP contribution in [0.2, 0.25) is 0 Å². The number of hydrogen-bond donors (Lipinski definition) is 1. The van der Waals surface area contributed by atoms with Gasteiger partial charge in [-0.1, -0.05) is 36.4 Å². The van der Waals surface area contributed by atoms with Gasteiger partial charge < -0.3 is 9.47 Å². The Bertz CT molecular complexity index is 807. The van der Waals surface area contributed by atoms with Gasteiger partial charge in [0.15, 0.2) is 0 Å². The minimum atomic E-state index is -1.05. The number of hydroxylamine groups is 1. The summed E-state index contributed by atoms with van der Waals surface area (Å²) < 4.78 is 53.0. The molecule has 0 saturated carbocycles. The highest BCUT2D eigenvalue weighted by Gasteiger charge is 2.55. The maximum Gasteiger partial charge on any atom is 0.131 e. The maximum atomic E-state index is 14.5. The zero-order valence-corrected chi connectivity index (χ0v) is 15.2. The highest BCUT2D eigenvalue weighted by molar-refractivity contribution is 5.30. The van der Waals surface area contributed by atoms with Crippen molar-refractivity contribution in [1.82, 2.24) is 5.48 Å². The van der Waals surface area contributed by atoms with Crippen LogP contribution in [0.5, 0.6) is 0 Å². The van der Waals surface area contributed by atoms with Crippen LogP contribution in [0, 0.1) is 17.6 Å². The van der Waals surface area contributed by atoms with Gasteiger partial charge in [-0.25, -0.2) is 13.2 Å². The average Bonchev–Trinajstić information content (AvgIpc) is 3.07. The molecule has 2 aromatic carbocycles. The second-order valence-corrected chi connectivity index (χ2v) is 7.28. The summed E-state index contributed by atoms with van der Waals surface area (Å²) in [6.07, 6.45) is -0.555. The zero-order valence-electron chi connectivity index (χ0n) is 15.2. The minimum absolute atomic E-state index is 0.0794. The fourth-order valence-electron chi connectivity index (χ4n) is 4.07. The van der Waals surface area contributed by atoms with E-state index in [2.05, 4.69) is 5.48 Å². The Labute approximate surface area is 161 Å². The summed E-state index contributed by atoms with van der Waals surface area (Å²) >= 11 is 0. The number of benzene rings is 2. The van der Waals surface area contributed by atoms with Gasteiger partial charge >= 0.3 is 0 Å². The predicted molar refractivity (Wildman–Crippen MR) is 96.0 cm³/mol. The molecule has 28 heavy (non-hydrogen) atoms. The molecule has 2 aromatic rings. The molecular weight excluding hydrogens is 371 g/mol. The summed E-state index contributed by atoms with van der Waals surface area (Å²) in [5, 5.41) is 0. The molecule has 150 valence electrons. The standard InChI is InChI=1S/C21H22F3NO3/c22-10-20-18-9-16(12-26-11-14-4-2-1-3-5-14)27-13-21(18,25-28-20)17-7-6-15(23)8-19(17)24/h1-8,16,18,20,25H,9-13H2. The highest BCUT2D eigenvalue weighted by Crippen LogP contribution is 2.45. The normalized spacial score (nSPS) is 29.6. The summed E-state index contributed by atoms with van der Waals surface area (Å²) in [6, 6.07) is 13.1. The van der Waals surface area contributed by atoms with Crippen LogP contribution in [0.1, 0.15) is 17.5 Å². The van der Waals surface area contributed by atoms with Crippen LogP contribution in [-0.4, -0.2) is 32.1 Å². The summed E-state index contributed by atoms with van der Waals surface area (Å²) in [7, 11) is 0. The van der Waals surface area contributed by atoms with E-state index in [1.165, 1.54) is 12.1 Å². The molecule has 2 aliphatic heterocycles. The highest BCUT2D eigenvalue weighted by atomic mass is 19.1. The van der Waals surface area contributed by atoms with E-state index < -0.39 is 30.0 Å². The lowest BCUT2D eigenvalue weighted by Gasteiger charge is -2.42. The number of nitrogens with one attached hydrogen (secondary N) is 1. The third-order valence-corrected chi connectivity index (χ3v) is 5.52. The van der Waals surface area contributed by atoms with Crippen molar-refractivity contribution in [3.63, 3.8) is 0 Å². The fraction of sp³-hybridized carbons (Fsp3) is 0.429. The number of halogens is 3. The van der Waals surface area contributed by atoms with E-state index in [4.69, 9.17) is 14.3 Å². The van der Waals surface area contributed by atoms with E-state index in [0.717, 1.165) is 11.6 Å².